The first kappa shape index (κ1) is 20.8. The molecule has 1 saturated carbocycles. The normalized spacial score (nSPS) is 14.8. The monoisotopic (exact) mass is 405 g/mol. The molecule has 0 radical (unpaired) electrons. The largest absolute Gasteiger partial charge is 0.418 e. The van der Waals surface area contributed by atoms with Gasteiger partial charge in [-0.05, 0) is 31.9 Å². The molecule has 1 heterocycles. The van der Waals surface area contributed by atoms with E-state index in [4.69, 9.17) is 0 Å². The summed E-state index contributed by atoms with van der Waals surface area (Å²) in [5.41, 5.74) is -1.92. The molecule has 0 N–H and O–H groups in total. The Labute approximate surface area is 166 Å². The molecule has 0 bridgehead atoms. The van der Waals surface area contributed by atoms with Crippen molar-refractivity contribution in [3.8, 4) is 5.69 Å². The molecular weight excluding hydrogens is 383 g/mol. The Kier molecular flexibility index (Phi) is 5.91. The van der Waals surface area contributed by atoms with E-state index in [0.717, 1.165) is 42.5 Å². The number of hydrogen-bond acceptors (Lipinski definition) is 3. The van der Waals surface area contributed by atoms with Crippen molar-refractivity contribution in [3.63, 3.8) is 0 Å². The fraction of sp³-hybridized carbons (Fsp3) is 0.381. The summed E-state index contributed by atoms with van der Waals surface area (Å²) in [4.78, 5) is 27.1. The van der Waals surface area contributed by atoms with Crippen LogP contribution in [0.1, 0.15) is 47.4 Å². The molecule has 0 atom stereocenters. The van der Waals surface area contributed by atoms with Gasteiger partial charge >= 0.3 is 6.18 Å². The van der Waals surface area contributed by atoms with Crippen LogP contribution in [-0.2, 0) is 6.18 Å². The van der Waals surface area contributed by atoms with Crippen LogP contribution in [0.15, 0.2) is 47.8 Å². The number of carbonyl (C=O) groups excluding carboxylic acids is 1. The van der Waals surface area contributed by atoms with Gasteiger partial charge in [0.15, 0.2) is 5.69 Å². The minimum absolute atomic E-state index is 0.0288. The topological polar surface area (TPSA) is 55.2 Å². The number of amides is 1. The fourth-order valence-corrected chi connectivity index (χ4v) is 3.73. The van der Waals surface area contributed by atoms with Crippen molar-refractivity contribution >= 4 is 5.91 Å². The van der Waals surface area contributed by atoms with Crippen molar-refractivity contribution in [2.24, 2.45) is 0 Å². The summed E-state index contributed by atoms with van der Waals surface area (Å²) >= 11 is 0. The molecule has 1 aromatic carbocycles. The molecule has 0 unspecified atom stereocenters. The molecule has 1 aromatic heterocycles. The van der Waals surface area contributed by atoms with Crippen LogP contribution in [0, 0.1) is 6.92 Å². The summed E-state index contributed by atoms with van der Waals surface area (Å²) in [6.45, 7) is 5.39. The maximum absolute atomic E-state index is 13.4. The summed E-state index contributed by atoms with van der Waals surface area (Å²) in [5, 5.41) is 4.07. The summed E-state index contributed by atoms with van der Waals surface area (Å²) in [7, 11) is 0. The third-order valence-electron chi connectivity index (χ3n) is 5.10. The quantitative estimate of drug-likeness (QED) is 0.703. The molecule has 1 fully saturated rings. The average Bonchev–Trinajstić information content (AvgIpc) is 3.19. The Bertz CT molecular complexity index is 976. The lowest BCUT2D eigenvalue weighted by atomic mass is 10.1. The Hall–Kier alpha value is -2.90. The zero-order valence-corrected chi connectivity index (χ0v) is 16.1. The molecule has 5 nitrogen and oxygen atoms in total. The predicted octanol–water partition coefficient (Wildman–Crippen LogP) is 4.13. The van der Waals surface area contributed by atoms with E-state index < -0.39 is 23.1 Å². The van der Waals surface area contributed by atoms with E-state index in [1.54, 1.807) is 11.0 Å². The van der Waals surface area contributed by atoms with Crippen LogP contribution in [0.5, 0.6) is 0 Å². The summed E-state index contributed by atoms with van der Waals surface area (Å²) in [5.74, 6) is -0.583. The number of aromatic nitrogens is 2. The second-order valence-electron chi connectivity index (χ2n) is 7.11. The second-order valence-corrected chi connectivity index (χ2v) is 7.11. The van der Waals surface area contributed by atoms with Crippen molar-refractivity contribution in [1.82, 2.24) is 14.7 Å². The number of halogens is 3. The van der Waals surface area contributed by atoms with Gasteiger partial charge in [0.05, 0.1) is 11.3 Å². The van der Waals surface area contributed by atoms with Gasteiger partial charge in [0, 0.05) is 24.3 Å². The zero-order valence-electron chi connectivity index (χ0n) is 16.1. The van der Waals surface area contributed by atoms with Crippen molar-refractivity contribution in [3.05, 3.63) is 70.2 Å². The van der Waals surface area contributed by atoms with E-state index in [1.807, 2.05) is 0 Å². The summed E-state index contributed by atoms with van der Waals surface area (Å²) in [6, 6.07) is 6.06. The number of aryl methyl sites for hydroxylation is 1. The van der Waals surface area contributed by atoms with Gasteiger partial charge in [-0.3, -0.25) is 9.59 Å². The Morgan fingerprint density at radius 2 is 1.97 bits per heavy atom. The third kappa shape index (κ3) is 4.26. The van der Waals surface area contributed by atoms with E-state index in [-0.39, 0.29) is 29.7 Å². The fourth-order valence-electron chi connectivity index (χ4n) is 3.73. The molecule has 8 heteroatoms. The summed E-state index contributed by atoms with van der Waals surface area (Å²) < 4.78 is 41.4. The van der Waals surface area contributed by atoms with Gasteiger partial charge in [0.1, 0.15) is 0 Å². The molecule has 0 aliphatic heterocycles. The van der Waals surface area contributed by atoms with E-state index in [2.05, 4.69) is 11.7 Å². The maximum Gasteiger partial charge on any atom is 0.418 e. The van der Waals surface area contributed by atoms with Crippen LogP contribution in [-0.4, -0.2) is 33.2 Å². The molecule has 2 aromatic rings. The highest BCUT2D eigenvalue weighted by atomic mass is 19.4. The summed E-state index contributed by atoms with van der Waals surface area (Å²) in [6.07, 6.45) is 0.567. The molecule has 154 valence electrons. The number of hydrogen-bond donors (Lipinski definition) is 0. The van der Waals surface area contributed by atoms with Crippen LogP contribution in [0.3, 0.4) is 0 Å². The lowest BCUT2D eigenvalue weighted by molar-refractivity contribution is -0.137. The highest BCUT2D eigenvalue weighted by Gasteiger charge is 2.35. The van der Waals surface area contributed by atoms with Crippen molar-refractivity contribution in [2.75, 3.05) is 6.54 Å². The predicted molar refractivity (Wildman–Crippen MR) is 103 cm³/mol. The lowest BCUT2D eigenvalue weighted by Gasteiger charge is -2.27. The molecular formula is C21H22F3N3O2. The molecule has 1 aliphatic carbocycles. The smallest absolute Gasteiger partial charge is 0.330 e. The van der Waals surface area contributed by atoms with Gasteiger partial charge < -0.3 is 4.90 Å². The lowest BCUT2D eigenvalue weighted by Crippen LogP contribution is -2.42. The first-order valence-electron chi connectivity index (χ1n) is 9.43. The molecule has 3 rings (SSSR count). The average molecular weight is 405 g/mol. The van der Waals surface area contributed by atoms with Gasteiger partial charge in [-0.1, -0.05) is 31.1 Å². The maximum atomic E-state index is 13.4. The van der Waals surface area contributed by atoms with E-state index >= 15 is 0 Å². The number of alkyl halides is 3. The molecule has 1 amide bonds. The second kappa shape index (κ2) is 8.23. The Morgan fingerprint density at radius 3 is 2.59 bits per heavy atom. The van der Waals surface area contributed by atoms with Gasteiger partial charge in [0.25, 0.3) is 5.91 Å². The van der Waals surface area contributed by atoms with Crippen molar-refractivity contribution in [1.29, 1.82) is 0 Å². The third-order valence-corrected chi connectivity index (χ3v) is 5.10. The van der Waals surface area contributed by atoms with Gasteiger partial charge in [-0.25, -0.2) is 4.68 Å². The number of rotatable bonds is 5. The van der Waals surface area contributed by atoms with Crippen molar-refractivity contribution in [2.45, 2.75) is 44.8 Å². The molecule has 1 aliphatic rings. The van der Waals surface area contributed by atoms with Crippen LogP contribution in [0.4, 0.5) is 13.2 Å². The molecule has 0 spiro atoms. The zero-order chi connectivity index (χ0) is 21.2. The Balaban J connectivity index is 2.10. The minimum atomic E-state index is -4.60. The van der Waals surface area contributed by atoms with Crippen LogP contribution < -0.4 is 5.43 Å². The number of carbonyl (C=O) groups is 1. The van der Waals surface area contributed by atoms with Gasteiger partial charge in [0.2, 0.25) is 5.43 Å². The standard InChI is InChI=1S/C21H22F3N3O2/c1-3-12-26(15-8-4-5-9-15)20(29)19-18(28)13-14(2)27(25-19)17-11-7-6-10-16(17)21(22,23)24/h3,6-7,10-11,13,15H,1,4-5,8-9,12H2,2H3. The minimum Gasteiger partial charge on any atom is -0.330 e. The van der Waals surface area contributed by atoms with E-state index in [1.165, 1.54) is 25.1 Å². The first-order valence-corrected chi connectivity index (χ1v) is 9.43. The Morgan fingerprint density at radius 1 is 1.31 bits per heavy atom. The van der Waals surface area contributed by atoms with Crippen molar-refractivity contribution < 1.29 is 18.0 Å². The number of nitrogens with zero attached hydrogens (tertiary/aromatic N) is 3. The SMILES string of the molecule is C=CCN(C(=O)c1nn(-c2ccccc2C(F)(F)F)c(C)cc1=O)C1CCCC1. The van der Waals surface area contributed by atoms with E-state index in [0.29, 0.717) is 0 Å². The molecule has 0 saturated heterocycles. The van der Waals surface area contributed by atoms with Crippen LogP contribution in [0.2, 0.25) is 0 Å². The highest BCUT2D eigenvalue weighted by Crippen LogP contribution is 2.33. The number of benzene rings is 1. The van der Waals surface area contributed by atoms with Crippen LogP contribution in [0.25, 0.3) is 5.69 Å². The molecule has 29 heavy (non-hydrogen) atoms. The number of para-hydroxylation sites is 1. The van der Waals surface area contributed by atoms with Gasteiger partial charge in [-0.15, -0.1) is 6.58 Å². The van der Waals surface area contributed by atoms with Gasteiger partial charge in [-0.2, -0.15) is 18.3 Å². The van der Waals surface area contributed by atoms with E-state index in [9.17, 15) is 22.8 Å². The first-order chi connectivity index (χ1) is 13.7. The highest BCUT2D eigenvalue weighted by molar-refractivity contribution is 5.92. The van der Waals surface area contributed by atoms with Crippen LogP contribution >= 0.6 is 0 Å².